The molecule has 0 saturated heterocycles. The summed E-state index contributed by atoms with van der Waals surface area (Å²) >= 11 is 9.01. The predicted octanol–water partition coefficient (Wildman–Crippen LogP) is 4.98. The van der Waals surface area contributed by atoms with E-state index in [-0.39, 0.29) is 0 Å². The number of aromatic nitrogens is 3. The predicted molar refractivity (Wildman–Crippen MR) is 91.4 cm³/mol. The van der Waals surface area contributed by atoms with Crippen LogP contribution in [0.25, 0.3) is 17.1 Å². The first kappa shape index (κ1) is 14.2. The number of hydrogen-bond acceptors (Lipinski definition) is 2. The molecule has 0 aliphatic heterocycles. The van der Waals surface area contributed by atoms with Gasteiger partial charge in [-0.3, -0.25) is 9.67 Å². The second-order valence-electron chi connectivity index (χ2n) is 4.95. The van der Waals surface area contributed by atoms with Crippen LogP contribution in [0.3, 0.4) is 0 Å². The summed E-state index contributed by atoms with van der Waals surface area (Å²) in [6.45, 7) is 4.15. The summed E-state index contributed by atoms with van der Waals surface area (Å²) in [4.78, 5) is 0. The normalized spacial score (nSPS) is 10.8. The molecule has 0 bridgehead atoms. The van der Waals surface area contributed by atoms with Crippen molar-refractivity contribution in [2.45, 2.75) is 13.8 Å². The molecule has 0 radical (unpaired) electrons. The Balaban J connectivity index is 2.25. The SMILES string of the molecule is Cc1cc(-n2c(-c3ccccc3)n[nH]c2=S)cc(C)c1Br. The van der Waals surface area contributed by atoms with E-state index in [1.54, 1.807) is 0 Å². The molecule has 1 N–H and O–H groups in total. The Morgan fingerprint density at radius 1 is 1.10 bits per heavy atom. The number of H-pyrrole nitrogens is 1. The molecule has 0 saturated carbocycles. The molecule has 2 aromatic carbocycles. The van der Waals surface area contributed by atoms with Crippen LogP contribution < -0.4 is 0 Å². The molecule has 0 fully saturated rings. The van der Waals surface area contributed by atoms with Crippen LogP contribution in [0.5, 0.6) is 0 Å². The fraction of sp³-hybridized carbons (Fsp3) is 0.125. The minimum Gasteiger partial charge on any atom is -0.268 e. The molecule has 0 aliphatic carbocycles. The highest BCUT2D eigenvalue weighted by molar-refractivity contribution is 9.10. The third-order valence-corrected chi connectivity index (χ3v) is 4.91. The molecule has 3 nitrogen and oxygen atoms in total. The fourth-order valence-corrected chi connectivity index (χ4v) is 2.84. The van der Waals surface area contributed by atoms with Crippen molar-refractivity contribution in [2.75, 3.05) is 0 Å². The van der Waals surface area contributed by atoms with Crippen LogP contribution in [0, 0.1) is 18.6 Å². The largest absolute Gasteiger partial charge is 0.268 e. The average molecular weight is 360 g/mol. The summed E-state index contributed by atoms with van der Waals surface area (Å²) in [5.41, 5.74) is 4.40. The van der Waals surface area contributed by atoms with E-state index in [0.717, 1.165) is 21.5 Å². The quantitative estimate of drug-likeness (QED) is 0.654. The number of benzene rings is 2. The van der Waals surface area contributed by atoms with Gasteiger partial charge in [0.15, 0.2) is 10.6 Å². The Bertz CT molecular complexity index is 826. The zero-order valence-electron chi connectivity index (χ0n) is 11.7. The third kappa shape index (κ3) is 2.59. The van der Waals surface area contributed by atoms with Gasteiger partial charge in [0, 0.05) is 10.0 Å². The molecule has 0 aliphatic rings. The Hall–Kier alpha value is -1.72. The van der Waals surface area contributed by atoms with Crippen molar-refractivity contribution in [3.8, 4) is 17.1 Å². The van der Waals surface area contributed by atoms with E-state index in [2.05, 4.69) is 52.1 Å². The molecule has 0 amide bonds. The van der Waals surface area contributed by atoms with Gasteiger partial charge in [0.2, 0.25) is 0 Å². The van der Waals surface area contributed by atoms with Crippen LogP contribution in [0.2, 0.25) is 0 Å². The Morgan fingerprint density at radius 2 is 1.71 bits per heavy atom. The molecule has 0 unspecified atom stereocenters. The first-order valence-electron chi connectivity index (χ1n) is 6.58. The first-order valence-corrected chi connectivity index (χ1v) is 7.78. The van der Waals surface area contributed by atoms with E-state index in [9.17, 15) is 0 Å². The van der Waals surface area contributed by atoms with Crippen molar-refractivity contribution in [3.05, 3.63) is 62.8 Å². The van der Waals surface area contributed by atoms with Crippen molar-refractivity contribution in [3.63, 3.8) is 0 Å². The van der Waals surface area contributed by atoms with Crippen LogP contribution in [-0.4, -0.2) is 14.8 Å². The third-order valence-electron chi connectivity index (χ3n) is 3.38. The highest BCUT2D eigenvalue weighted by Gasteiger charge is 2.12. The Labute approximate surface area is 136 Å². The fourth-order valence-electron chi connectivity index (χ4n) is 2.37. The lowest BCUT2D eigenvalue weighted by molar-refractivity contribution is 1.03. The first-order chi connectivity index (χ1) is 10.1. The van der Waals surface area contributed by atoms with Gasteiger partial charge in [-0.05, 0) is 49.3 Å². The van der Waals surface area contributed by atoms with Crippen molar-refractivity contribution < 1.29 is 0 Å². The average Bonchev–Trinajstić information content (AvgIpc) is 2.87. The van der Waals surface area contributed by atoms with Gasteiger partial charge in [0.05, 0.1) is 5.69 Å². The van der Waals surface area contributed by atoms with Gasteiger partial charge >= 0.3 is 0 Å². The van der Waals surface area contributed by atoms with Crippen molar-refractivity contribution in [1.82, 2.24) is 14.8 Å². The zero-order valence-corrected chi connectivity index (χ0v) is 14.1. The summed E-state index contributed by atoms with van der Waals surface area (Å²) in [6, 6.07) is 14.2. The van der Waals surface area contributed by atoms with E-state index >= 15 is 0 Å². The summed E-state index contributed by atoms with van der Waals surface area (Å²) in [6.07, 6.45) is 0. The maximum Gasteiger partial charge on any atom is 0.200 e. The minimum atomic E-state index is 0.593. The minimum absolute atomic E-state index is 0.593. The van der Waals surface area contributed by atoms with Crippen LogP contribution in [0.15, 0.2) is 46.9 Å². The number of aromatic amines is 1. The highest BCUT2D eigenvalue weighted by Crippen LogP contribution is 2.27. The Morgan fingerprint density at radius 3 is 2.33 bits per heavy atom. The molecular weight excluding hydrogens is 346 g/mol. The van der Waals surface area contributed by atoms with Crippen LogP contribution in [-0.2, 0) is 0 Å². The van der Waals surface area contributed by atoms with E-state index < -0.39 is 0 Å². The van der Waals surface area contributed by atoms with Gasteiger partial charge in [-0.2, -0.15) is 5.10 Å². The molecule has 106 valence electrons. The smallest absolute Gasteiger partial charge is 0.200 e. The van der Waals surface area contributed by atoms with Crippen LogP contribution in [0.4, 0.5) is 0 Å². The maximum absolute atomic E-state index is 5.41. The molecule has 0 atom stereocenters. The standard InChI is InChI=1S/C16H14BrN3S/c1-10-8-13(9-11(2)14(10)17)20-15(18-19-16(20)21)12-6-4-3-5-7-12/h3-9H,1-2H3,(H,19,21). The van der Waals surface area contributed by atoms with E-state index in [0.29, 0.717) is 4.77 Å². The zero-order chi connectivity index (χ0) is 15.0. The second kappa shape index (κ2) is 5.58. The molecule has 5 heteroatoms. The topological polar surface area (TPSA) is 33.6 Å². The van der Waals surface area contributed by atoms with Crippen LogP contribution >= 0.6 is 28.1 Å². The highest BCUT2D eigenvalue weighted by atomic mass is 79.9. The van der Waals surface area contributed by atoms with Crippen LogP contribution in [0.1, 0.15) is 11.1 Å². The van der Waals surface area contributed by atoms with E-state index in [1.807, 2.05) is 34.9 Å². The van der Waals surface area contributed by atoms with Gasteiger partial charge in [-0.15, -0.1) is 0 Å². The molecule has 3 aromatic rings. The lowest BCUT2D eigenvalue weighted by Crippen LogP contribution is -1.99. The van der Waals surface area contributed by atoms with Gasteiger partial charge in [-0.1, -0.05) is 46.3 Å². The van der Waals surface area contributed by atoms with Gasteiger partial charge < -0.3 is 0 Å². The van der Waals surface area contributed by atoms with Gasteiger partial charge in [0.1, 0.15) is 0 Å². The van der Waals surface area contributed by atoms with Crippen molar-refractivity contribution >= 4 is 28.1 Å². The number of nitrogens with one attached hydrogen (secondary N) is 1. The summed E-state index contributed by atoms with van der Waals surface area (Å²) in [7, 11) is 0. The molecular formula is C16H14BrN3S. The van der Waals surface area contributed by atoms with Gasteiger partial charge in [0.25, 0.3) is 0 Å². The molecule has 1 aromatic heterocycles. The Kier molecular flexibility index (Phi) is 3.78. The number of nitrogens with zero attached hydrogens (tertiary/aromatic N) is 2. The van der Waals surface area contributed by atoms with E-state index in [4.69, 9.17) is 12.2 Å². The summed E-state index contributed by atoms with van der Waals surface area (Å²) < 4.78 is 3.69. The lowest BCUT2D eigenvalue weighted by atomic mass is 10.1. The summed E-state index contributed by atoms with van der Waals surface area (Å²) in [5, 5.41) is 7.27. The monoisotopic (exact) mass is 359 g/mol. The second-order valence-corrected chi connectivity index (χ2v) is 6.13. The molecule has 1 heterocycles. The molecule has 21 heavy (non-hydrogen) atoms. The number of rotatable bonds is 2. The van der Waals surface area contributed by atoms with Gasteiger partial charge in [-0.25, -0.2) is 0 Å². The van der Waals surface area contributed by atoms with Crippen molar-refractivity contribution in [2.24, 2.45) is 0 Å². The lowest BCUT2D eigenvalue weighted by Gasteiger charge is -2.11. The number of hydrogen-bond donors (Lipinski definition) is 1. The molecule has 3 rings (SSSR count). The van der Waals surface area contributed by atoms with E-state index in [1.165, 1.54) is 11.1 Å². The molecule has 0 spiro atoms. The number of aryl methyl sites for hydroxylation is 2. The maximum atomic E-state index is 5.41. The van der Waals surface area contributed by atoms with Crippen molar-refractivity contribution in [1.29, 1.82) is 0 Å². The summed E-state index contributed by atoms with van der Waals surface area (Å²) in [5.74, 6) is 0.821. The number of halogens is 1.